The molecule has 1 fully saturated rings. The second-order valence-corrected chi connectivity index (χ2v) is 4.17. The van der Waals surface area contributed by atoms with Crippen LogP contribution in [-0.2, 0) is 4.79 Å². The van der Waals surface area contributed by atoms with Crippen LogP contribution in [0.5, 0.6) is 0 Å². The Hall–Kier alpha value is -0.610. The van der Waals surface area contributed by atoms with E-state index in [1.807, 2.05) is 0 Å². The fourth-order valence-electron chi connectivity index (χ4n) is 1.76. The second-order valence-electron chi connectivity index (χ2n) is 4.17. The van der Waals surface area contributed by atoms with Crippen molar-refractivity contribution in [2.75, 3.05) is 13.1 Å². The van der Waals surface area contributed by atoms with Crippen molar-refractivity contribution in [1.82, 2.24) is 10.6 Å². The third-order valence-electron chi connectivity index (χ3n) is 2.57. The van der Waals surface area contributed by atoms with Gasteiger partial charge in [-0.2, -0.15) is 0 Å². The Kier molecular flexibility index (Phi) is 4.35. The summed E-state index contributed by atoms with van der Waals surface area (Å²) in [6, 6.07) is 0.422. The lowest BCUT2D eigenvalue weighted by atomic mass is 9.92. The molecule has 0 bridgehead atoms. The van der Waals surface area contributed by atoms with Gasteiger partial charge in [0.15, 0.2) is 0 Å². The molecule has 0 spiro atoms. The summed E-state index contributed by atoms with van der Waals surface area (Å²) in [6.07, 6.45) is 1.33. The highest BCUT2D eigenvalue weighted by Gasteiger charge is 2.24. The van der Waals surface area contributed by atoms with Gasteiger partial charge in [0.2, 0.25) is 5.91 Å². The van der Waals surface area contributed by atoms with Crippen LogP contribution < -0.4 is 10.6 Å². The largest absolute Gasteiger partial charge is 0.392 e. The number of hydrogen-bond acceptors (Lipinski definition) is 3. The maximum absolute atomic E-state index is 11.6. The Morgan fingerprint density at radius 2 is 2.43 bits per heavy atom. The highest BCUT2D eigenvalue weighted by Crippen LogP contribution is 2.15. The summed E-state index contributed by atoms with van der Waals surface area (Å²) >= 11 is 0. The Labute approximate surface area is 85.1 Å². The number of amides is 1. The molecule has 0 aromatic heterocycles. The molecule has 0 aromatic carbocycles. The number of hydrogen-bond donors (Lipinski definition) is 3. The van der Waals surface area contributed by atoms with E-state index in [9.17, 15) is 4.79 Å². The third kappa shape index (κ3) is 3.64. The zero-order valence-electron chi connectivity index (χ0n) is 8.92. The van der Waals surface area contributed by atoms with Crippen LogP contribution in [-0.4, -0.2) is 36.2 Å². The van der Waals surface area contributed by atoms with E-state index in [0.29, 0.717) is 12.6 Å². The van der Waals surface area contributed by atoms with Gasteiger partial charge < -0.3 is 15.7 Å². The fraction of sp³-hybridized carbons (Fsp3) is 0.900. The molecular weight excluding hydrogens is 180 g/mol. The summed E-state index contributed by atoms with van der Waals surface area (Å²) in [4.78, 5) is 11.6. The van der Waals surface area contributed by atoms with Crippen molar-refractivity contribution in [2.45, 2.75) is 38.8 Å². The predicted octanol–water partition coefficient (Wildman–Crippen LogP) is -0.128. The number of nitrogens with one attached hydrogen (secondary N) is 2. The molecule has 14 heavy (non-hydrogen) atoms. The van der Waals surface area contributed by atoms with Crippen LogP contribution in [0.15, 0.2) is 0 Å². The van der Waals surface area contributed by atoms with Crippen molar-refractivity contribution in [3.63, 3.8) is 0 Å². The molecule has 0 aliphatic carbocycles. The van der Waals surface area contributed by atoms with E-state index >= 15 is 0 Å². The quantitative estimate of drug-likeness (QED) is 0.595. The first-order valence-corrected chi connectivity index (χ1v) is 5.28. The van der Waals surface area contributed by atoms with Gasteiger partial charge in [0.05, 0.1) is 6.10 Å². The molecule has 82 valence electrons. The molecule has 0 radical (unpaired) electrons. The summed E-state index contributed by atoms with van der Waals surface area (Å²) in [5.41, 5.74) is 0. The summed E-state index contributed by atoms with van der Waals surface area (Å²) < 4.78 is 0. The van der Waals surface area contributed by atoms with Crippen LogP contribution in [0.4, 0.5) is 0 Å². The first-order valence-electron chi connectivity index (χ1n) is 5.28. The van der Waals surface area contributed by atoms with Crippen LogP contribution in [0, 0.1) is 5.92 Å². The van der Waals surface area contributed by atoms with Gasteiger partial charge in [-0.05, 0) is 33.2 Å². The van der Waals surface area contributed by atoms with Crippen molar-refractivity contribution in [1.29, 1.82) is 0 Å². The zero-order valence-corrected chi connectivity index (χ0v) is 8.92. The van der Waals surface area contributed by atoms with E-state index in [2.05, 4.69) is 17.6 Å². The zero-order chi connectivity index (χ0) is 10.6. The van der Waals surface area contributed by atoms with Gasteiger partial charge in [0, 0.05) is 18.5 Å². The molecule has 1 amide bonds. The first-order chi connectivity index (χ1) is 6.59. The van der Waals surface area contributed by atoms with E-state index in [1.54, 1.807) is 6.92 Å². The monoisotopic (exact) mass is 200 g/mol. The molecule has 3 N–H and O–H groups in total. The standard InChI is InChI=1S/C10H20N2O2/c1-7-5-9(3-4-11-7)10(14)12-6-8(2)13/h7-9,11,13H,3-6H2,1-2H3,(H,12,14)/t7?,8-,9?/m1/s1. The maximum Gasteiger partial charge on any atom is 0.223 e. The van der Waals surface area contributed by atoms with Crippen molar-refractivity contribution >= 4 is 5.91 Å². The van der Waals surface area contributed by atoms with Crippen LogP contribution in [0.1, 0.15) is 26.7 Å². The Morgan fingerprint density at radius 1 is 1.71 bits per heavy atom. The van der Waals surface area contributed by atoms with E-state index in [1.165, 1.54) is 0 Å². The number of carbonyl (C=O) groups excluding carboxylic acids is 1. The number of piperidine rings is 1. The molecule has 1 rings (SSSR count). The number of aliphatic hydroxyl groups excluding tert-OH is 1. The van der Waals surface area contributed by atoms with Crippen LogP contribution in [0.25, 0.3) is 0 Å². The maximum atomic E-state index is 11.6. The molecule has 1 saturated heterocycles. The highest BCUT2D eigenvalue weighted by molar-refractivity contribution is 5.78. The Balaban J connectivity index is 2.29. The normalized spacial score (nSPS) is 29.6. The molecule has 4 heteroatoms. The lowest BCUT2D eigenvalue weighted by Crippen LogP contribution is -2.43. The highest BCUT2D eigenvalue weighted by atomic mass is 16.3. The van der Waals surface area contributed by atoms with Crippen molar-refractivity contribution < 1.29 is 9.90 Å². The predicted molar refractivity (Wildman–Crippen MR) is 54.9 cm³/mol. The summed E-state index contributed by atoms with van der Waals surface area (Å²) in [5.74, 6) is 0.198. The molecule has 4 nitrogen and oxygen atoms in total. The average molecular weight is 200 g/mol. The van der Waals surface area contributed by atoms with Crippen LogP contribution in [0.3, 0.4) is 0 Å². The lowest BCUT2D eigenvalue weighted by molar-refractivity contribution is -0.126. The van der Waals surface area contributed by atoms with Crippen molar-refractivity contribution in [3.05, 3.63) is 0 Å². The van der Waals surface area contributed by atoms with Gasteiger partial charge in [0.25, 0.3) is 0 Å². The molecule has 0 saturated carbocycles. The van der Waals surface area contributed by atoms with Gasteiger partial charge >= 0.3 is 0 Å². The smallest absolute Gasteiger partial charge is 0.223 e. The minimum absolute atomic E-state index is 0.0826. The SMILES string of the molecule is CC1CC(C(=O)NC[C@@H](C)O)CCN1. The molecule has 3 atom stereocenters. The van der Waals surface area contributed by atoms with E-state index < -0.39 is 6.10 Å². The molecule has 0 aromatic rings. The van der Waals surface area contributed by atoms with Crippen LogP contribution in [0.2, 0.25) is 0 Å². The Bertz CT molecular complexity index is 195. The van der Waals surface area contributed by atoms with E-state index in [0.717, 1.165) is 19.4 Å². The number of carbonyl (C=O) groups is 1. The summed E-state index contributed by atoms with van der Waals surface area (Å²) in [5, 5.41) is 15.1. The van der Waals surface area contributed by atoms with Crippen LogP contribution >= 0.6 is 0 Å². The molecular formula is C10H20N2O2. The van der Waals surface area contributed by atoms with Gasteiger partial charge in [-0.25, -0.2) is 0 Å². The minimum Gasteiger partial charge on any atom is -0.392 e. The Morgan fingerprint density at radius 3 is 3.00 bits per heavy atom. The molecule has 1 aliphatic rings. The first kappa shape index (κ1) is 11.5. The minimum atomic E-state index is -0.460. The summed E-state index contributed by atoms with van der Waals surface area (Å²) in [6.45, 7) is 5.03. The fourth-order valence-corrected chi connectivity index (χ4v) is 1.76. The average Bonchev–Trinajstić information content (AvgIpc) is 2.14. The molecule has 1 aliphatic heterocycles. The van der Waals surface area contributed by atoms with Gasteiger partial charge in [-0.1, -0.05) is 0 Å². The molecule has 2 unspecified atom stereocenters. The van der Waals surface area contributed by atoms with Crippen molar-refractivity contribution in [2.24, 2.45) is 5.92 Å². The van der Waals surface area contributed by atoms with E-state index in [-0.39, 0.29) is 11.8 Å². The number of rotatable bonds is 3. The van der Waals surface area contributed by atoms with Gasteiger partial charge in [-0.3, -0.25) is 4.79 Å². The second kappa shape index (κ2) is 5.32. The van der Waals surface area contributed by atoms with Gasteiger partial charge in [-0.15, -0.1) is 0 Å². The third-order valence-corrected chi connectivity index (χ3v) is 2.57. The number of aliphatic hydroxyl groups is 1. The topological polar surface area (TPSA) is 61.4 Å². The van der Waals surface area contributed by atoms with Crippen molar-refractivity contribution in [3.8, 4) is 0 Å². The van der Waals surface area contributed by atoms with Gasteiger partial charge in [0.1, 0.15) is 0 Å². The van der Waals surface area contributed by atoms with E-state index in [4.69, 9.17) is 5.11 Å². The lowest BCUT2D eigenvalue weighted by Gasteiger charge is -2.27. The summed E-state index contributed by atoms with van der Waals surface area (Å²) in [7, 11) is 0. The molecule has 1 heterocycles.